The highest BCUT2D eigenvalue weighted by Gasteiger charge is 2.11. The molecule has 2 rings (SSSR count). The molecule has 0 aromatic heterocycles. The van der Waals surface area contributed by atoms with E-state index in [4.69, 9.17) is 0 Å². The standard InChI is InChI=1S/C15H19N3O3/c19-15(12-7-6-10-14(11-12)18(20)21)17-16-13-8-4-2-1-3-5-9-13/h6-8,10-11,16H,1-5,9H2,(H,17,19). The minimum absolute atomic E-state index is 0.0900. The monoisotopic (exact) mass is 289 g/mol. The van der Waals surface area contributed by atoms with Gasteiger partial charge in [-0.25, -0.2) is 0 Å². The van der Waals surface area contributed by atoms with Gasteiger partial charge in [0, 0.05) is 23.4 Å². The first kappa shape index (κ1) is 15.0. The molecule has 0 fully saturated rings. The molecule has 2 N–H and O–H groups in total. The van der Waals surface area contributed by atoms with Gasteiger partial charge in [0.05, 0.1) is 4.92 Å². The zero-order valence-electron chi connectivity index (χ0n) is 11.8. The lowest BCUT2D eigenvalue weighted by molar-refractivity contribution is -0.384. The van der Waals surface area contributed by atoms with Crippen molar-refractivity contribution in [1.82, 2.24) is 10.9 Å². The van der Waals surface area contributed by atoms with Crippen molar-refractivity contribution in [2.75, 3.05) is 0 Å². The predicted molar refractivity (Wildman–Crippen MR) is 79.5 cm³/mol. The highest BCUT2D eigenvalue weighted by molar-refractivity contribution is 5.94. The molecule has 0 heterocycles. The number of hydrogen-bond acceptors (Lipinski definition) is 4. The Hall–Kier alpha value is -2.37. The van der Waals surface area contributed by atoms with Crippen molar-refractivity contribution in [2.24, 2.45) is 0 Å². The van der Waals surface area contributed by atoms with E-state index in [9.17, 15) is 14.9 Å². The third kappa shape index (κ3) is 4.59. The fraction of sp³-hybridized carbons (Fsp3) is 0.400. The number of non-ortho nitro benzene ring substituents is 1. The summed E-state index contributed by atoms with van der Waals surface area (Å²) in [5.41, 5.74) is 6.72. The fourth-order valence-corrected chi connectivity index (χ4v) is 2.28. The van der Waals surface area contributed by atoms with Crippen molar-refractivity contribution >= 4 is 11.6 Å². The summed E-state index contributed by atoms with van der Waals surface area (Å²) in [6.45, 7) is 0. The zero-order chi connectivity index (χ0) is 15.1. The van der Waals surface area contributed by atoms with Crippen molar-refractivity contribution in [3.05, 3.63) is 51.7 Å². The Bertz CT molecular complexity index is 555. The van der Waals surface area contributed by atoms with Crippen LogP contribution in [-0.4, -0.2) is 10.8 Å². The first-order valence-electron chi connectivity index (χ1n) is 7.16. The number of carbonyl (C=O) groups is 1. The number of allylic oxidation sites excluding steroid dienone is 2. The van der Waals surface area contributed by atoms with Crippen LogP contribution in [0.15, 0.2) is 36.0 Å². The Kier molecular flexibility index (Phi) is 5.31. The number of nitro groups is 1. The molecule has 1 aliphatic rings. The van der Waals surface area contributed by atoms with Gasteiger partial charge in [-0.05, 0) is 31.7 Å². The van der Waals surface area contributed by atoms with Crippen LogP contribution in [-0.2, 0) is 0 Å². The highest BCUT2D eigenvalue weighted by atomic mass is 16.6. The Labute approximate surface area is 123 Å². The maximum Gasteiger partial charge on any atom is 0.270 e. The van der Waals surface area contributed by atoms with Crippen molar-refractivity contribution in [3.8, 4) is 0 Å². The third-order valence-corrected chi connectivity index (χ3v) is 3.45. The van der Waals surface area contributed by atoms with Crippen LogP contribution in [0.3, 0.4) is 0 Å². The summed E-state index contributed by atoms with van der Waals surface area (Å²) in [7, 11) is 0. The molecule has 1 aliphatic carbocycles. The zero-order valence-corrected chi connectivity index (χ0v) is 11.8. The van der Waals surface area contributed by atoms with Gasteiger partial charge in [0.25, 0.3) is 11.6 Å². The van der Waals surface area contributed by atoms with Crippen molar-refractivity contribution < 1.29 is 9.72 Å². The lowest BCUT2D eigenvalue weighted by Crippen LogP contribution is -2.36. The molecule has 6 nitrogen and oxygen atoms in total. The van der Waals surface area contributed by atoms with Gasteiger partial charge in [-0.2, -0.15) is 0 Å². The smallest absolute Gasteiger partial charge is 0.270 e. The van der Waals surface area contributed by atoms with E-state index >= 15 is 0 Å². The number of rotatable bonds is 4. The largest absolute Gasteiger partial charge is 0.303 e. The van der Waals surface area contributed by atoms with E-state index in [1.54, 1.807) is 6.07 Å². The Morgan fingerprint density at radius 3 is 2.81 bits per heavy atom. The second kappa shape index (κ2) is 7.42. The van der Waals surface area contributed by atoms with Crippen LogP contribution in [0.1, 0.15) is 48.9 Å². The molecule has 0 unspecified atom stereocenters. The van der Waals surface area contributed by atoms with Crippen LogP contribution in [0.5, 0.6) is 0 Å². The molecule has 6 heteroatoms. The second-order valence-electron chi connectivity index (χ2n) is 5.07. The second-order valence-corrected chi connectivity index (χ2v) is 5.07. The lowest BCUT2D eigenvalue weighted by atomic mass is 10.0. The Balaban J connectivity index is 1.94. The molecule has 0 spiro atoms. The first-order chi connectivity index (χ1) is 10.2. The molecule has 21 heavy (non-hydrogen) atoms. The van der Waals surface area contributed by atoms with Crippen LogP contribution in [0, 0.1) is 10.1 Å². The summed E-state index contributed by atoms with van der Waals surface area (Å²) < 4.78 is 0. The van der Waals surface area contributed by atoms with Gasteiger partial charge in [-0.15, -0.1) is 0 Å². The quantitative estimate of drug-likeness (QED) is 0.659. The first-order valence-corrected chi connectivity index (χ1v) is 7.16. The summed E-state index contributed by atoms with van der Waals surface area (Å²) in [5.74, 6) is -0.373. The molecular formula is C15H19N3O3. The van der Waals surface area contributed by atoms with Crippen LogP contribution >= 0.6 is 0 Å². The van der Waals surface area contributed by atoms with Gasteiger partial charge in [0.15, 0.2) is 0 Å². The van der Waals surface area contributed by atoms with Crippen molar-refractivity contribution in [3.63, 3.8) is 0 Å². The number of nitrogens with zero attached hydrogens (tertiary/aromatic N) is 1. The Morgan fingerprint density at radius 1 is 1.19 bits per heavy atom. The number of benzene rings is 1. The number of nitro benzene ring substituents is 1. The minimum atomic E-state index is -0.512. The fourth-order valence-electron chi connectivity index (χ4n) is 2.28. The SMILES string of the molecule is O=C(NNC1=CCCCCCC1)c1cccc([N+](=O)[O-])c1. The van der Waals surface area contributed by atoms with Crippen LogP contribution in [0.2, 0.25) is 0 Å². The summed E-state index contributed by atoms with van der Waals surface area (Å²) in [5, 5.41) is 10.7. The van der Waals surface area contributed by atoms with Crippen LogP contribution < -0.4 is 10.9 Å². The van der Waals surface area contributed by atoms with E-state index in [-0.39, 0.29) is 17.2 Å². The van der Waals surface area contributed by atoms with Crippen molar-refractivity contribution in [2.45, 2.75) is 38.5 Å². The van der Waals surface area contributed by atoms with E-state index in [2.05, 4.69) is 16.9 Å². The number of carbonyl (C=O) groups excluding carboxylic acids is 1. The number of nitrogens with one attached hydrogen (secondary N) is 2. The van der Waals surface area contributed by atoms with E-state index in [0.717, 1.165) is 25.0 Å². The number of hydrazine groups is 1. The molecule has 0 saturated carbocycles. The molecule has 0 atom stereocenters. The van der Waals surface area contributed by atoms with Gasteiger partial charge in [-0.1, -0.05) is 25.0 Å². The van der Waals surface area contributed by atoms with E-state index < -0.39 is 4.92 Å². The molecule has 112 valence electrons. The summed E-state index contributed by atoms with van der Waals surface area (Å²) >= 11 is 0. The maximum atomic E-state index is 12.0. The average molecular weight is 289 g/mol. The van der Waals surface area contributed by atoms with Crippen LogP contribution in [0.25, 0.3) is 0 Å². The summed E-state index contributed by atoms with van der Waals surface area (Å²) in [6.07, 6.45) is 8.76. The molecule has 1 amide bonds. The topological polar surface area (TPSA) is 84.3 Å². The van der Waals surface area contributed by atoms with Crippen molar-refractivity contribution in [1.29, 1.82) is 0 Å². The van der Waals surface area contributed by atoms with Gasteiger partial charge in [-0.3, -0.25) is 20.3 Å². The molecule has 0 saturated heterocycles. The highest BCUT2D eigenvalue weighted by Crippen LogP contribution is 2.15. The van der Waals surface area contributed by atoms with E-state index in [1.165, 1.54) is 37.5 Å². The van der Waals surface area contributed by atoms with E-state index in [1.807, 2.05) is 0 Å². The van der Waals surface area contributed by atoms with Gasteiger partial charge >= 0.3 is 0 Å². The molecule has 0 radical (unpaired) electrons. The lowest BCUT2D eigenvalue weighted by Gasteiger charge is -2.14. The molecular weight excluding hydrogens is 270 g/mol. The maximum absolute atomic E-state index is 12.0. The normalized spacial score (nSPS) is 15.3. The number of hydrogen-bond donors (Lipinski definition) is 2. The predicted octanol–water partition coefficient (Wildman–Crippen LogP) is 3.07. The van der Waals surface area contributed by atoms with E-state index in [0.29, 0.717) is 0 Å². The average Bonchev–Trinajstić information content (AvgIpc) is 2.46. The number of amides is 1. The van der Waals surface area contributed by atoms with Gasteiger partial charge < -0.3 is 5.43 Å². The van der Waals surface area contributed by atoms with Gasteiger partial charge in [0.2, 0.25) is 0 Å². The molecule has 1 aromatic rings. The van der Waals surface area contributed by atoms with Crippen LogP contribution in [0.4, 0.5) is 5.69 Å². The van der Waals surface area contributed by atoms with Gasteiger partial charge in [0.1, 0.15) is 0 Å². The third-order valence-electron chi connectivity index (χ3n) is 3.45. The Morgan fingerprint density at radius 2 is 2.00 bits per heavy atom. The summed E-state index contributed by atoms with van der Waals surface area (Å²) in [6, 6.07) is 5.68. The minimum Gasteiger partial charge on any atom is -0.303 e. The molecule has 0 bridgehead atoms. The molecule has 0 aliphatic heterocycles. The molecule has 1 aromatic carbocycles. The summed E-state index contributed by atoms with van der Waals surface area (Å²) in [4.78, 5) is 22.2.